The Bertz CT molecular complexity index is 377. The lowest BCUT2D eigenvalue weighted by Crippen LogP contribution is -2.16. The summed E-state index contributed by atoms with van der Waals surface area (Å²) in [6.07, 6.45) is 0.256. The summed E-state index contributed by atoms with van der Waals surface area (Å²) in [5.74, 6) is 1.03. The van der Waals surface area contributed by atoms with Gasteiger partial charge in [-0.15, -0.1) is 11.3 Å². The van der Waals surface area contributed by atoms with Crippen LogP contribution in [0.3, 0.4) is 0 Å². The zero-order valence-electron chi connectivity index (χ0n) is 11.5. The van der Waals surface area contributed by atoms with E-state index >= 15 is 0 Å². The average Bonchev–Trinajstić information content (AvgIpc) is 2.73. The van der Waals surface area contributed by atoms with Crippen LogP contribution in [0.2, 0.25) is 0 Å². The van der Waals surface area contributed by atoms with E-state index in [0.29, 0.717) is 18.4 Å². The Labute approximate surface area is 113 Å². The van der Waals surface area contributed by atoms with Gasteiger partial charge in [0.15, 0.2) is 5.13 Å². The standard InChI is InChI=1S/C13H22N2O2S/c1-5-17-12(16)6-11-8-18-13(15-11)14-7-10(4)9(2)3/h8-10H,5-7H2,1-4H3,(H,14,15). The number of nitrogens with one attached hydrogen (secondary N) is 1. The molecule has 4 nitrogen and oxygen atoms in total. The van der Waals surface area contributed by atoms with Crippen molar-refractivity contribution in [2.75, 3.05) is 18.5 Å². The zero-order valence-corrected chi connectivity index (χ0v) is 12.3. The number of esters is 1. The third-order valence-corrected chi connectivity index (χ3v) is 3.74. The summed E-state index contributed by atoms with van der Waals surface area (Å²) in [7, 11) is 0. The van der Waals surface area contributed by atoms with Crippen LogP contribution in [0.4, 0.5) is 5.13 Å². The lowest BCUT2D eigenvalue weighted by Gasteiger charge is -2.15. The number of ether oxygens (including phenoxy) is 1. The average molecular weight is 270 g/mol. The lowest BCUT2D eigenvalue weighted by atomic mass is 9.98. The molecule has 18 heavy (non-hydrogen) atoms. The van der Waals surface area contributed by atoms with Crippen LogP contribution in [-0.4, -0.2) is 24.1 Å². The molecule has 1 heterocycles. The predicted octanol–water partition coefficient (Wildman–Crippen LogP) is 2.95. The van der Waals surface area contributed by atoms with Crippen molar-refractivity contribution >= 4 is 22.4 Å². The summed E-state index contributed by atoms with van der Waals surface area (Å²) in [6, 6.07) is 0. The van der Waals surface area contributed by atoms with Crippen LogP contribution in [0.1, 0.15) is 33.4 Å². The van der Waals surface area contributed by atoms with E-state index in [-0.39, 0.29) is 12.4 Å². The lowest BCUT2D eigenvalue weighted by molar-refractivity contribution is -0.142. The number of aromatic nitrogens is 1. The second-order valence-corrected chi connectivity index (χ2v) is 5.59. The SMILES string of the molecule is CCOC(=O)Cc1csc(NCC(C)C(C)C)n1. The van der Waals surface area contributed by atoms with E-state index in [1.54, 1.807) is 6.92 Å². The van der Waals surface area contributed by atoms with Gasteiger partial charge < -0.3 is 10.1 Å². The minimum absolute atomic E-state index is 0.218. The molecule has 0 aliphatic heterocycles. The van der Waals surface area contributed by atoms with Gasteiger partial charge in [-0.3, -0.25) is 4.79 Å². The largest absolute Gasteiger partial charge is 0.466 e. The van der Waals surface area contributed by atoms with Crippen LogP contribution < -0.4 is 5.32 Å². The Morgan fingerprint density at radius 2 is 2.22 bits per heavy atom. The molecule has 5 heteroatoms. The molecular formula is C13H22N2O2S. The molecule has 0 radical (unpaired) electrons. The number of carbonyl (C=O) groups is 1. The van der Waals surface area contributed by atoms with Crippen LogP contribution >= 0.6 is 11.3 Å². The molecule has 0 saturated heterocycles. The van der Waals surface area contributed by atoms with E-state index in [1.807, 2.05) is 5.38 Å². The molecular weight excluding hydrogens is 248 g/mol. The molecule has 1 unspecified atom stereocenters. The van der Waals surface area contributed by atoms with E-state index in [0.717, 1.165) is 17.4 Å². The highest BCUT2D eigenvalue weighted by molar-refractivity contribution is 7.13. The first-order valence-electron chi connectivity index (χ1n) is 6.36. The third-order valence-electron chi connectivity index (χ3n) is 2.90. The maximum atomic E-state index is 11.3. The van der Waals surface area contributed by atoms with Crippen LogP contribution in [0.15, 0.2) is 5.38 Å². The van der Waals surface area contributed by atoms with Crippen molar-refractivity contribution < 1.29 is 9.53 Å². The fourth-order valence-corrected chi connectivity index (χ4v) is 2.03. The van der Waals surface area contributed by atoms with Crippen LogP contribution in [-0.2, 0) is 16.0 Å². The summed E-state index contributed by atoms with van der Waals surface area (Å²) in [4.78, 5) is 15.7. The molecule has 1 aromatic rings. The number of carbonyl (C=O) groups excluding carboxylic acids is 1. The van der Waals surface area contributed by atoms with E-state index in [4.69, 9.17) is 4.74 Å². The summed E-state index contributed by atoms with van der Waals surface area (Å²) in [5, 5.41) is 6.09. The summed E-state index contributed by atoms with van der Waals surface area (Å²) in [5.41, 5.74) is 0.776. The molecule has 1 N–H and O–H groups in total. The Balaban J connectivity index is 2.41. The molecule has 0 aliphatic rings. The van der Waals surface area contributed by atoms with Crippen molar-refractivity contribution in [2.24, 2.45) is 11.8 Å². The van der Waals surface area contributed by atoms with Crippen molar-refractivity contribution in [3.63, 3.8) is 0 Å². The maximum absolute atomic E-state index is 11.3. The predicted molar refractivity (Wildman–Crippen MR) is 74.9 cm³/mol. The van der Waals surface area contributed by atoms with Gasteiger partial charge in [0, 0.05) is 11.9 Å². The molecule has 1 aromatic heterocycles. The fraction of sp³-hybridized carbons (Fsp3) is 0.692. The van der Waals surface area contributed by atoms with Gasteiger partial charge >= 0.3 is 5.97 Å². The van der Waals surface area contributed by atoms with E-state index in [9.17, 15) is 4.79 Å². The molecule has 0 bridgehead atoms. The zero-order chi connectivity index (χ0) is 13.5. The third kappa shape index (κ3) is 5.04. The van der Waals surface area contributed by atoms with Crippen LogP contribution in [0.25, 0.3) is 0 Å². The van der Waals surface area contributed by atoms with E-state index in [1.165, 1.54) is 11.3 Å². The van der Waals surface area contributed by atoms with Crippen molar-refractivity contribution in [3.8, 4) is 0 Å². The number of nitrogens with zero attached hydrogens (tertiary/aromatic N) is 1. The molecule has 102 valence electrons. The van der Waals surface area contributed by atoms with E-state index in [2.05, 4.69) is 31.1 Å². The van der Waals surface area contributed by atoms with Gasteiger partial charge in [-0.05, 0) is 18.8 Å². The number of thiazole rings is 1. The number of hydrogen-bond donors (Lipinski definition) is 1. The second-order valence-electron chi connectivity index (χ2n) is 4.73. The number of rotatable bonds is 7. The molecule has 0 spiro atoms. The Kier molecular flexibility index (Phi) is 6.12. The molecule has 0 aliphatic carbocycles. The summed E-state index contributed by atoms with van der Waals surface area (Å²) >= 11 is 1.53. The highest BCUT2D eigenvalue weighted by Gasteiger charge is 2.10. The topological polar surface area (TPSA) is 51.2 Å². The van der Waals surface area contributed by atoms with Crippen molar-refractivity contribution in [2.45, 2.75) is 34.1 Å². The summed E-state index contributed by atoms with van der Waals surface area (Å²) < 4.78 is 4.89. The monoisotopic (exact) mass is 270 g/mol. The molecule has 1 atom stereocenters. The summed E-state index contributed by atoms with van der Waals surface area (Å²) in [6.45, 7) is 9.76. The van der Waals surface area contributed by atoms with Crippen LogP contribution in [0.5, 0.6) is 0 Å². The van der Waals surface area contributed by atoms with Crippen molar-refractivity contribution in [3.05, 3.63) is 11.1 Å². The molecule has 0 fully saturated rings. The molecule has 1 rings (SSSR count). The first-order valence-corrected chi connectivity index (χ1v) is 7.24. The second kappa shape index (κ2) is 7.36. The van der Waals surface area contributed by atoms with Gasteiger partial charge in [-0.2, -0.15) is 0 Å². The van der Waals surface area contributed by atoms with Gasteiger partial charge in [0.25, 0.3) is 0 Å². The Hall–Kier alpha value is -1.10. The quantitative estimate of drug-likeness (QED) is 0.774. The van der Waals surface area contributed by atoms with Gasteiger partial charge in [-0.1, -0.05) is 20.8 Å². The van der Waals surface area contributed by atoms with Crippen molar-refractivity contribution in [1.29, 1.82) is 0 Å². The first-order chi connectivity index (χ1) is 8.52. The van der Waals surface area contributed by atoms with Gasteiger partial charge in [-0.25, -0.2) is 4.98 Å². The van der Waals surface area contributed by atoms with Gasteiger partial charge in [0.05, 0.1) is 18.7 Å². The minimum Gasteiger partial charge on any atom is -0.466 e. The Morgan fingerprint density at radius 3 is 2.83 bits per heavy atom. The molecule has 0 saturated carbocycles. The minimum atomic E-state index is -0.218. The Morgan fingerprint density at radius 1 is 1.50 bits per heavy atom. The van der Waals surface area contributed by atoms with Gasteiger partial charge in [0.2, 0.25) is 0 Å². The highest BCUT2D eigenvalue weighted by Crippen LogP contribution is 2.18. The normalized spacial score (nSPS) is 12.5. The first kappa shape index (κ1) is 15.0. The highest BCUT2D eigenvalue weighted by atomic mass is 32.1. The van der Waals surface area contributed by atoms with Crippen LogP contribution in [0, 0.1) is 11.8 Å². The smallest absolute Gasteiger partial charge is 0.311 e. The van der Waals surface area contributed by atoms with Gasteiger partial charge in [0.1, 0.15) is 0 Å². The molecule has 0 amide bonds. The number of hydrogen-bond acceptors (Lipinski definition) is 5. The maximum Gasteiger partial charge on any atom is 0.311 e. The van der Waals surface area contributed by atoms with E-state index < -0.39 is 0 Å². The fourth-order valence-electron chi connectivity index (χ4n) is 1.31. The number of anilines is 1. The van der Waals surface area contributed by atoms with Crippen molar-refractivity contribution in [1.82, 2.24) is 4.98 Å². The molecule has 0 aromatic carbocycles.